The van der Waals surface area contributed by atoms with Crippen LogP contribution in [0.4, 0.5) is 17.6 Å². The average Bonchev–Trinajstić information content (AvgIpc) is 2.35. The average molecular weight is 298 g/mol. The number of hydrogen-bond donors (Lipinski definition) is 2. The molecule has 0 saturated carbocycles. The third-order valence-corrected chi connectivity index (χ3v) is 3.37. The third kappa shape index (κ3) is 5.76. The van der Waals surface area contributed by atoms with Gasteiger partial charge in [0.05, 0.1) is 12.6 Å². The van der Waals surface area contributed by atoms with E-state index in [-0.39, 0.29) is 6.61 Å². The van der Waals surface area contributed by atoms with Crippen LogP contribution in [0.3, 0.4) is 0 Å². The van der Waals surface area contributed by atoms with E-state index in [1.54, 1.807) is 0 Å². The molecule has 0 fully saturated rings. The Hall–Kier alpha value is -0.660. The summed E-state index contributed by atoms with van der Waals surface area (Å²) < 4.78 is 54.1. The normalized spacial score (nSPS) is 19.4. The van der Waals surface area contributed by atoms with E-state index >= 15 is 0 Å². The molecule has 0 aromatic rings. The molecule has 1 unspecified atom stereocenters. The predicted molar refractivity (Wildman–Crippen MR) is 68.7 cm³/mol. The van der Waals surface area contributed by atoms with E-state index in [1.807, 2.05) is 6.08 Å². The summed E-state index contributed by atoms with van der Waals surface area (Å²) in [7, 11) is 0. The Morgan fingerprint density at radius 2 is 1.95 bits per heavy atom. The largest absolute Gasteiger partial charge is 0.373 e. The van der Waals surface area contributed by atoms with Gasteiger partial charge in [0.25, 0.3) is 0 Å². The highest BCUT2D eigenvalue weighted by atomic mass is 19.3. The molecule has 0 aliphatic heterocycles. The third-order valence-electron chi connectivity index (χ3n) is 3.37. The fourth-order valence-electron chi connectivity index (χ4n) is 2.17. The Labute approximate surface area is 116 Å². The molecule has 0 aromatic carbocycles. The number of hydrogen-bond acceptors (Lipinski definition) is 3. The minimum Gasteiger partial charge on any atom is -0.373 e. The highest BCUT2D eigenvalue weighted by Gasteiger charge is 2.41. The van der Waals surface area contributed by atoms with Gasteiger partial charge < -0.3 is 4.74 Å². The van der Waals surface area contributed by atoms with Crippen LogP contribution in [-0.2, 0) is 4.74 Å². The van der Waals surface area contributed by atoms with Crippen molar-refractivity contribution in [3.05, 3.63) is 11.6 Å². The van der Waals surface area contributed by atoms with Gasteiger partial charge in [-0.05, 0) is 25.7 Å². The van der Waals surface area contributed by atoms with E-state index in [9.17, 15) is 17.6 Å². The van der Waals surface area contributed by atoms with Crippen LogP contribution in [0.5, 0.6) is 0 Å². The van der Waals surface area contributed by atoms with E-state index in [4.69, 9.17) is 10.6 Å². The van der Waals surface area contributed by atoms with Gasteiger partial charge in [-0.3, -0.25) is 11.3 Å². The molecule has 0 saturated heterocycles. The van der Waals surface area contributed by atoms with Gasteiger partial charge >= 0.3 is 12.3 Å². The second-order valence-electron chi connectivity index (χ2n) is 5.03. The number of alkyl halides is 4. The van der Waals surface area contributed by atoms with Crippen LogP contribution in [0.25, 0.3) is 0 Å². The topological polar surface area (TPSA) is 47.3 Å². The molecule has 0 bridgehead atoms. The molecule has 20 heavy (non-hydrogen) atoms. The van der Waals surface area contributed by atoms with Gasteiger partial charge in [0.1, 0.15) is 6.61 Å². The van der Waals surface area contributed by atoms with Crippen LogP contribution in [-0.4, -0.2) is 31.6 Å². The van der Waals surface area contributed by atoms with E-state index < -0.39 is 25.0 Å². The summed E-state index contributed by atoms with van der Waals surface area (Å²) in [5.41, 5.74) is 3.52. The molecular formula is C13H22F4N2O. The summed E-state index contributed by atoms with van der Waals surface area (Å²) in [4.78, 5) is 0. The zero-order valence-electron chi connectivity index (χ0n) is 11.4. The number of allylic oxidation sites excluding steroid dienone is 1. The minimum atomic E-state index is -4.12. The van der Waals surface area contributed by atoms with Crippen molar-refractivity contribution in [3.8, 4) is 0 Å². The van der Waals surface area contributed by atoms with Gasteiger partial charge in [0.2, 0.25) is 0 Å². The van der Waals surface area contributed by atoms with Gasteiger partial charge in [-0.25, -0.2) is 8.78 Å². The lowest BCUT2D eigenvalue weighted by molar-refractivity contribution is -0.166. The molecule has 7 heteroatoms. The van der Waals surface area contributed by atoms with Gasteiger partial charge in [-0.2, -0.15) is 8.78 Å². The molecule has 0 spiro atoms. The fraction of sp³-hybridized carbons (Fsp3) is 0.846. The maximum Gasteiger partial charge on any atom is 0.330 e. The second-order valence-corrected chi connectivity index (χ2v) is 5.03. The number of nitrogens with one attached hydrogen (secondary N) is 1. The molecule has 3 N–H and O–H groups in total. The van der Waals surface area contributed by atoms with Crippen LogP contribution in [0.2, 0.25) is 0 Å². The summed E-state index contributed by atoms with van der Waals surface area (Å²) >= 11 is 0. The molecule has 3 nitrogen and oxygen atoms in total. The van der Waals surface area contributed by atoms with Crippen molar-refractivity contribution in [2.24, 2.45) is 5.84 Å². The lowest BCUT2D eigenvalue weighted by Gasteiger charge is -2.23. The molecule has 0 aromatic heterocycles. The molecule has 0 amide bonds. The Bertz CT molecular complexity index is 311. The molecule has 0 radical (unpaired) electrons. The molecule has 118 valence electrons. The Kier molecular flexibility index (Phi) is 7.47. The Morgan fingerprint density at radius 1 is 1.25 bits per heavy atom. The first-order valence-corrected chi connectivity index (χ1v) is 6.86. The van der Waals surface area contributed by atoms with Crippen LogP contribution in [0, 0.1) is 0 Å². The summed E-state index contributed by atoms with van der Waals surface area (Å²) in [5, 5.41) is 0. The SMILES string of the molecule is NNC(COCC(F)(F)C(F)F)C1=CCCCCCC1. The van der Waals surface area contributed by atoms with Crippen LogP contribution in [0.1, 0.15) is 38.5 Å². The maximum atomic E-state index is 12.7. The fourth-order valence-corrected chi connectivity index (χ4v) is 2.17. The predicted octanol–water partition coefficient (Wildman–Crippen LogP) is 3.02. The van der Waals surface area contributed by atoms with Crippen LogP contribution in [0.15, 0.2) is 11.6 Å². The smallest absolute Gasteiger partial charge is 0.330 e. The number of nitrogens with two attached hydrogens (primary N) is 1. The van der Waals surface area contributed by atoms with Gasteiger partial charge in [0, 0.05) is 0 Å². The lowest BCUT2D eigenvalue weighted by atomic mass is 9.95. The molecule has 1 aliphatic carbocycles. The highest BCUT2D eigenvalue weighted by Crippen LogP contribution is 2.24. The standard InChI is InChI=1S/C13H22F4N2O/c14-12(15)13(16,17)9-20-8-11(19-18)10-6-4-2-1-3-5-7-10/h6,11-12,19H,1-5,7-9,18H2. The van der Waals surface area contributed by atoms with Crippen LogP contribution >= 0.6 is 0 Å². The van der Waals surface area contributed by atoms with Crippen molar-refractivity contribution in [2.75, 3.05) is 13.2 Å². The Morgan fingerprint density at radius 3 is 2.60 bits per heavy atom. The molecule has 1 aliphatic rings. The lowest BCUT2D eigenvalue weighted by Crippen LogP contribution is -2.42. The van der Waals surface area contributed by atoms with Crippen molar-refractivity contribution in [1.29, 1.82) is 0 Å². The van der Waals surface area contributed by atoms with Gasteiger partial charge in [0.15, 0.2) is 0 Å². The summed E-state index contributed by atoms with van der Waals surface area (Å²) in [5.74, 6) is 1.28. The number of halogens is 4. The first kappa shape index (κ1) is 17.4. The molecule has 0 heterocycles. The monoisotopic (exact) mass is 298 g/mol. The van der Waals surface area contributed by atoms with Gasteiger partial charge in [-0.15, -0.1) is 0 Å². The summed E-state index contributed by atoms with van der Waals surface area (Å²) in [6, 6.07) is -0.401. The van der Waals surface area contributed by atoms with E-state index in [1.165, 1.54) is 6.42 Å². The van der Waals surface area contributed by atoms with Crippen molar-refractivity contribution in [2.45, 2.75) is 56.9 Å². The highest BCUT2D eigenvalue weighted by molar-refractivity contribution is 5.11. The minimum absolute atomic E-state index is 0.134. The summed E-state index contributed by atoms with van der Waals surface area (Å²) in [6.07, 6.45) is 4.47. The van der Waals surface area contributed by atoms with Crippen molar-refractivity contribution in [1.82, 2.24) is 5.43 Å². The summed E-state index contributed by atoms with van der Waals surface area (Å²) in [6.45, 7) is -1.43. The zero-order chi connectivity index (χ0) is 15.0. The Balaban J connectivity index is 2.46. The van der Waals surface area contributed by atoms with Crippen LogP contribution < -0.4 is 11.3 Å². The molecular weight excluding hydrogens is 276 g/mol. The number of ether oxygens (including phenoxy) is 1. The second kappa shape index (κ2) is 8.59. The van der Waals surface area contributed by atoms with E-state index in [0.717, 1.165) is 37.7 Å². The maximum absolute atomic E-state index is 12.7. The molecule has 1 rings (SSSR count). The molecule has 1 atom stereocenters. The first-order chi connectivity index (χ1) is 9.47. The van der Waals surface area contributed by atoms with E-state index in [0.29, 0.717) is 0 Å². The van der Waals surface area contributed by atoms with Gasteiger partial charge in [-0.1, -0.05) is 24.5 Å². The van der Waals surface area contributed by atoms with Crippen molar-refractivity contribution < 1.29 is 22.3 Å². The number of hydrazine groups is 1. The van der Waals surface area contributed by atoms with Crippen molar-refractivity contribution >= 4 is 0 Å². The zero-order valence-corrected chi connectivity index (χ0v) is 11.4. The first-order valence-electron chi connectivity index (χ1n) is 6.86. The van der Waals surface area contributed by atoms with E-state index in [2.05, 4.69) is 5.43 Å². The number of rotatable bonds is 7. The quantitative estimate of drug-likeness (QED) is 0.329. The van der Waals surface area contributed by atoms with Crippen molar-refractivity contribution in [3.63, 3.8) is 0 Å².